The molecule has 1 aromatic heterocycles. The Morgan fingerprint density at radius 1 is 1.14 bits per heavy atom. The Bertz CT molecular complexity index is 2020. The third-order valence-electron chi connectivity index (χ3n) is 12.6. The second-order valence-electron chi connectivity index (χ2n) is 17.4. The summed E-state index contributed by atoms with van der Waals surface area (Å²) in [4.78, 5) is 62.9. The molecule has 1 N–H and O–H groups in total. The molecular formula is C42H55F2N3O9S. The molecule has 1 saturated heterocycles. The van der Waals surface area contributed by atoms with Crippen LogP contribution >= 0.6 is 0 Å². The zero-order valence-corrected chi connectivity index (χ0v) is 34.4. The minimum Gasteiger partial charge on any atom is -0.497 e. The highest BCUT2D eigenvalue weighted by atomic mass is 32.2. The number of carbonyl (C=O) groups is 4. The highest BCUT2D eigenvalue weighted by molar-refractivity contribution is 7.91. The number of sulfonamides is 1. The van der Waals surface area contributed by atoms with E-state index in [1.807, 2.05) is 32.1 Å². The van der Waals surface area contributed by atoms with Gasteiger partial charge in [-0.1, -0.05) is 32.4 Å². The minimum absolute atomic E-state index is 0.0378. The number of nitrogens with zero attached hydrogens (tertiary/aromatic N) is 2. The van der Waals surface area contributed by atoms with E-state index in [4.69, 9.17) is 14.2 Å². The second-order valence-corrected chi connectivity index (χ2v) is 19.6. The summed E-state index contributed by atoms with van der Waals surface area (Å²) in [5.74, 6) is -3.38. The number of ketones is 1. The van der Waals surface area contributed by atoms with Gasteiger partial charge in [0.15, 0.2) is 11.4 Å². The number of nitrogens with one attached hydrogen (secondary N) is 1. The second kappa shape index (κ2) is 16.2. The van der Waals surface area contributed by atoms with Crippen LogP contribution in [-0.4, -0.2) is 84.4 Å². The highest BCUT2D eigenvalue weighted by Crippen LogP contribution is 2.58. The molecule has 312 valence electrons. The number of halogens is 2. The number of rotatable bonds is 11. The van der Waals surface area contributed by atoms with E-state index in [9.17, 15) is 36.4 Å². The molecule has 0 spiro atoms. The Kier molecular flexibility index (Phi) is 12.1. The largest absolute Gasteiger partial charge is 0.497 e. The van der Waals surface area contributed by atoms with E-state index in [0.29, 0.717) is 43.2 Å². The third-order valence-corrected chi connectivity index (χ3v) is 14.8. The molecule has 0 bridgehead atoms. The molecule has 15 heteroatoms. The minimum atomic E-state index is -4.00. The van der Waals surface area contributed by atoms with Gasteiger partial charge in [-0.05, 0) is 107 Å². The van der Waals surface area contributed by atoms with Crippen LogP contribution in [0.4, 0.5) is 8.78 Å². The lowest BCUT2D eigenvalue weighted by molar-refractivity contribution is -0.174. The number of carbonyl (C=O) groups excluding carboxylic acids is 4. The van der Waals surface area contributed by atoms with Crippen molar-refractivity contribution < 1.29 is 50.6 Å². The molecule has 0 radical (unpaired) electrons. The van der Waals surface area contributed by atoms with E-state index in [2.05, 4.69) is 9.71 Å². The van der Waals surface area contributed by atoms with Gasteiger partial charge in [0.2, 0.25) is 27.7 Å². The van der Waals surface area contributed by atoms with E-state index in [1.54, 1.807) is 38.4 Å². The molecule has 2 aliphatic heterocycles. The normalized spacial score (nSPS) is 29.7. The molecule has 2 saturated carbocycles. The number of amides is 2. The van der Waals surface area contributed by atoms with Crippen LogP contribution in [0.25, 0.3) is 10.8 Å². The summed E-state index contributed by atoms with van der Waals surface area (Å²) < 4.78 is 72.4. The molecule has 7 atom stereocenters. The van der Waals surface area contributed by atoms with Crippen molar-refractivity contribution in [1.82, 2.24) is 14.6 Å². The van der Waals surface area contributed by atoms with Crippen molar-refractivity contribution in [2.75, 3.05) is 13.7 Å². The zero-order valence-electron chi connectivity index (χ0n) is 33.6. The third kappa shape index (κ3) is 8.97. The lowest BCUT2D eigenvalue weighted by Gasteiger charge is -2.34. The van der Waals surface area contributed by atoms with E-state index in [1.165, 1.54) is 4.90 Å². The lowest BCUT2D eigenvalue weighted by Crippen LogP contribution is -2.48. The molecule has 4 aliphatic rings. The number of Topliss-reactive ketones (excluding diaryl/α,β-unsaturated/α-hetero) is 1. The standard InChI is InChI=1S/C42H55F2N3O9S/c1-7-26-18-25(2)10-8-9-11-28-22-42(28,39(51)46-57(52,53)41(5)15-16-41)23-34(48)33-20-30(55-36-31-13-12-29(54-6)19-27(31)14-17-45-36)24-47(33)37(50)32(26)21-35(49)56-40(3,4)38(43)44/h9,11-14,17,19,25-26,28,30,32-33,38H,7-8,10,15-16,18,20-24H2,1-6H3,(H,46,51)/b11-9-/t25-,26+,28+,30+,32-,33-,42+/m0/s1. The number of aromatic nitrogens is 1. The summed E-state index contributed by atoms with van der Waals surface area (Å²) in [7, 11) is -2.44. The molecule has 2 aromatic rings. The van der Waals surface area contributed by atoms with Gasteiger partial charge >= 0.3 is 5.97 Å². The average molecular weight is 816 g/mol. The summed E-state index contributed by atoms with van der Waals surface area (Å²) in [5, 5.41) is 1.47. The zero-order chi connectivity index (χ0) is 41.5. The highest BCUT2D eigenvalue weighted by Gasteiger charge is 2.63. The topological polar surface area (TPSA) is 158 Å². The quantitative estimate of drug-likeness (QED) is 0.195. The number of hydrogen-bond acceptors (Lipinski definition) is 10. The van der Waals surface area contributed by atoms with Crippen molar-refractivity contribution in [3.8, 4) is 11.6 Å². The molecule has 12 nitrogen and oxygen atoms in total. The van der Waals surface area contributed by atoms with Gasteiger partial charge in [0.05, 0.1) is 42.2 Å². The fraction of sp³-hybridized carbons (Fsp3) is 0.643. The van der Waals surface area contributed by atoms with Gasteiger partial charge in [0, 0.05) is 24.4 Å². The Labute approximate surface area is 333 Å². The SMILES string of the molecule is CC[C@@H]1C[C@@H](C)CC/C=C\[C@@H]2C[C@@]2(C(=O)NS(=O)(=O)C2(C)CC2)CC(=O)[C@@H]2C[C@@H](Oc3nccc4cc(OC)ccc34)CN2C(=O)[C@H]1CC(=O)OC(C)(C)C(F)F. The Balaban J connectivity index is 1.36. The lowest BCUT2D eigenvalue weighted by atomic mass is 9.79. The Morgan fingerprint density at radius 2 is 1.88 bits per heavy atom. The number of benzene rings is 1. The Hall–Kier alpha value is -4.14. The maximum Gasteiger partial charge on any atom is 0.307 e. The summed E-state index contributed by atoms with van der Waals surface area (Å²) in [5.41, 5.74) is -3.42. The molecule has 0 unspecified atom stereocenters. The number of fused-ring (bicyclic) bond motifs is 3. The number of alkyl halides is 2. The van der Waals surface area contributed by atoms with E-state index >= 15 is 0 Å². The van der Waals surface area contributed by atoms with Crippen LogP contribution in [-0.2, 0) is 33.9 Å². The van der Waals surface area contributed by atoms with Crippen LogP contribution in [0.15, 0.2) is 42.6 Å². The van der Waals surface area contributed by atoms with Crippen molar-refractivity contribution in [1.29, 1.82) is 0 Å². The van der Waals surface area contributed by atoms with Gasteiger partial charge < -0.3 is 19.1 Å². The van der Waals surface area contributed by atoms with Gasteiger partial charge in [-0.15, -0.1) is 0 Å². The smallest absolute Gasteiger partial charge is 0.307 e. The van der Waals surface area contributed by atoms with Gasteiger partial charge in [-0.25, -0.2) is 22.2 Å². The first-order valence-corrected chi connectivity index (χ1v) is 21.5. The number of hydrogen-bond donors (Lipinski definition) is 1. The van der Waals surface area contributed by atoms with Gasteiger partial charge in [-0.2, -0.15) is 0 Å². The van der Waals surface area contributed by atoms with Crippen molar-refractivity contribution in [2.45, 2.75) is 128 Å². The van der Waals surface area contributed by atoms with Crippen LogP contribution in [0.5, 0.6) is 11.6 Å². The first kappa shape index (κ1) is 42.5. The number of allylic oxidation sites excluding steroid dienone is 2. The first-order valence-electron chi connectivity index (χ1n) is 20.0. The maximum absolute atomic E-state index is 15.0. The van der Waals surface area contributed by atoms with E-state index in [-0.39, 0.29) is 49.4 Å². The van der Waals surface area contributed by atoms with Crippen molar-refractivity contribution in [3.05, 3.63) is 42.6 Å². The number of esters is 1. The number of methoxy groups -OCH3 is 1. The predicted molar refractivity (Wildman–Crippen MR) is 208 cm³/mol. The summed E-state index contributed by atoms with van der Waals surface area (Å²) in [6.07, 6.45) is 4.52. The predicted octanol–water partition coefficient (Wildman–Crippen LogP) is 6.55. The maximum atomic E-state index is 15.0. The van der Waals surface area contributed by atoms with Crippen LogP contribution in [0.3, 0.4) is 0 Å². The molecule has 6 rings (SSSR count). The van der Waals surface area contributed by atoms with Gasteiger partial charge in [0.25, 0.3) is 6.43 Å². The molecule has 2 aliphatic carbocycles. The van der Waals surface area contributed by atoms with Crippen molar-refractivity contribution >= 4 is 44.4 Å². The monoisotopic (exact) mass is 815 g/mol. The van der Waals surface area contributed by atoms with Crippen molar-refractivity contribution in [2.24, 2.45) is 29.1 Å². The summed E-state index contributed by atoms with van der Waals surface area (Å²) in [6, 6.07) is 6.10. The molecular weight excluding hydrogens is 761 g/mol. The fourth-order valence-electron chi connectivity index (χ4n) is 8.41. The average Bonchev–Trinajstić information content (AvgIpc) is 4.04. The first-order chi connectivity index (χ1) is 26.8. The summed E-state index contributed by atoms with van der Waals surface area (Å²) >= 11 is 0. The molecule has 3 fully saturated rings. The molecule has 2 amide bonds. The summed E-state index contributed by atoms with van der Waals surface area (Å²) in [6.45, 7) is 7.71. The van der Waals surface area contributed by atoms with Gasteiger partial charge in [-0.3, -0.25) is 23.9 Å². The Morgan fingerprint density at radius 3 is 2.54 bits per heavy atom. The number of ether oxygens (including phenoxy) is 3. The van der Waals surface area contributed by atoms with Gasteiger partial charge in [0.1, 0.15) is 11.9 Å². The fourth-order valence-corrected chi connectivity index (χ4v) is 9.74. The van der Waals surface area contributed by atoms with Crippen LogP contribution in [0.1, 0.15) is 98.8 Å². The molecule has 57 heavy (non-hydrogen) atoms. The van der Waals surface area contributed by atoms with Crippen LogP contribution in [0, 0.1) is 29.1 Å². The number of pyridine rings is 1. The van der Waals surface area contributed by atoms with E-state index in [0.717, 1.165) is 25.7 Å². The van der Waals surface area contributed by atoms with Crippen LogP contribution in [0.2, 0.25) is 0 Å². The van der Waals surface area contributed by atoms with Crippen LogP contribution < -0.4 is 14.2 Å². The molecule has 3 heterocycles. The van der Waals surface area contributed by atoms with Crippen molar-refractivity contribution in [3.63, 3.8) is 0 Å². The van der Waals surface area contributed by atoms with E-state index < -0.39 is 80.3 Å². The molecule has 1 aromatic carbocycles.